The van der Waals surface area contributed by atoms with Gasteiger partial charge in [-0.25, -0.2) is 0 Å². The van der Waals surface area contributed by atoms with Crippen LogP contribution in [0.2, 0.25) is 0 Å². The van der Waals surface area contributed by atoms with Crippen molar-refractivity contribution in [2.24, 2.45) is 0 Å². The molecule has 2 atom stereocenters. The molecule has 0 aliphatic carbocycles. The number of piperazine rings is 1. The van der Waals surface area contributed by atoms with Crippen LogP contribution < -0.4 is 20.0 Å². The average molecular weight is 397 g/mol. The van der Waals surface area contributed by atoms with Crippen molar-refractivity contribution in [1.29, 1.82) is 0 Å². The van der Waals surface area contributed by atoms with Gasteiger partial charge in [0.05, 0.1) is 51.0 Å². The summed E-state index contributed by atoms with van der Waals surface area (Å²) in [6.45, 7) is 7.25. The maximum atomic E-state index is 12.5. The summed E-state index contributed by atoms with van der Waals surface area (Å²) in [5, 5.41) is 13.3. The number of carbonyl (C=O) groups is 1. The number of hydrogen-bond donors (Lipinski definition) is 4. The van der Waals surface area contributed by atoms with Crippen molar-refractivity contribution in [1.82, 2.24) is 5.32 Å². The number of anilines is 1. The molecule has 0 radical (unpaired) electrons. The molecule has 4 rings (SSSR count). The maximum absolute atomic E-state index is 12.5. The fourth-order valence-corrected chi connectivity index (χ4v) is 4.58. The highest BCUT2D eigenvalue weighted by Crippen LogP contribution is 2.25. The predicted molar refractivity (Wildman–Crippen MR) is 113 cm³/mol. The maximum Gasteiger partial charge on any atom is 0.275 e. The van der Waals surface area contributed by atoms with E-state index < -0.39 is 0 Å². The number of nitrogens with one attached hydrogen (secondary N) is 3. The van der Waals surface area contributed by atoms with Crippen LogP contribution in [-0.4, -0.2) is 62.9 Å². The van der Waals surface area contributed by atoms with E-state index in [1.807, 2.05) is 18.2 Å². The molecule has 1 amide bonds. The van der Waals surface area contributed by atoms with Crippen molar-refractivity contribution >= 4 is 11.6 Å². The number of phenols is 1. The van der Waals surface area contributed by atoms with E-state index in [4.69, 9.17) is 0 Å². The molecule has 0 spiro atoms. The topological polar surface area (TPSA) is 61.5 Å². The molecule has 2 aromatic rings. The summed E-state index contributed by atoms with van der Waals surface area (Å²) >= 11 is 0. The second-order valence-corrected chi connectivity index (χ2v) is 8.32. The minimum Gasteiger partial charge on any atom is -0.506 e. The van der Waals surface area contributed by atoms with E-state index in [0.717, 1.165) is 57.9 Å². The summed E-state index contributed by atoms with van der Waals surface area (Å²) in [5.41, 5.74) is 2.25. The second kappa shape index (κ2) is 9.29. The molecule has 0 saturated carbocycles. The average Bonchev–Trinajstić information content (AvgIpc) is 3.16. The van der Waals surface area contributed by atoms with Gasteiger partial charge in [0.15, 0.2) is 6.54 Å². The molecule has 29 heavy (non-hydrogen) atoms. The lowest BCUT2D eigenvalue weighted by molar-refractivity contribution is -0.901. The van der Waals surface area contributed by atoms with E-state index in [1.54, 1.807) is 11.0 Å². The smallest absolute Gasteiger partial charge is 0.275 e. The first-order valence-electron chi connectivity index (χ1n) is 10.7. The van der Waals surface area contributed by atoms with Gasteiger partial charge in [-0.1, -0.05) is 42.5 Å². The number of para-hydroxylation sites is 2. The molecule has 1 unspecified atom stereocenters. The lowest BCUT2D eigenvalue weighted by atomic mass is 10.2. The Bertz CT molecular complexity index is 806. The fraction of sp³-hybridized carbons (Fsp3) is 0.435. The largest absolute Gasteiger partial charge is 0.506 e. The van der Waals surface area contributed by atoms with Gasteiger partial charge in [-0.15, -0.1) is 0 Å². The Balaban J connectivity index is 1.19. The van der Waals surface area contributed by atoms with E-state index in [9.17, 15) is 9.90 Å². The number of quaternary nitrogens is 2. The number of aromatic hydroxyl groups is 1. The first kappa shape index (κ1) is 19.7. The van der Waals surface area contributed by atoms with Crippen LogP contribution in [0.15, 0.2) is 54.6 Å². The van der Waals surface area contributed by atoms with Crippen LogP contribution >= 0.6 is 0 Å². The Morgan fingerprint density at radius 2 is 1.72 bits per heavy atom. The Labute approximate surface area is 172 Å². The van der Waals surface area contributed by atoms with Gasteiger partial charge in [-0.3, -0.25) is 4.79 Å². The van der Waals surface area contributed by atoms with Crippen LogP contribution in [0.3, 0.4) is 0 Å². The summed E-state index contributed by atoms with van der Waals surface area (Å²) in [7, 11) is 0. The fourth-order valence-electron chi connectivity index (χ4n) is 4.58. The van der Waals surface area contributed by atoms with Gasteiger partial charge in [0.1, 0.15) is 12.3 Å². The Kier molecular flexibility index (Phi) is 6.32. The van der Waals surface area contributed by atoms with Crippen LogP contribution in [0.1, 0.15) is 12.0 Å². The minimum absolute atomic E-state index is 0.168. The summed E-state index contributed by atoms with van der Waals surface area (Å²) in [4.78, 5) is 17.6. The molecule has 4 N–H and O–H groups in total. The third-order valence-electron chi connectivity index (χ3n) is 6.15. The number of benzene rings is 2. The number of hydrogen-bond acceptors (Lipinski definition) is 3. The lowest BCUT2D eigenvalue weighted by Crippen LogP contribution is -3.16. The second-order valence-electron chi connectivity index (χ2n) is 8.32. The highest BCUT2D eigenvalue weighted by atomic mass is 16.3. The lowest BCUT2D eigenvalue weighted by Gasteiger charge is -2.33. The van der Waals surface area contributed by atoms with Gasteiger partial charge >= 0.3 is 0 Å². The Morgan fingerprint density at radius 3 is 2.48 bits per heavy atom. The van der Waals surface area contributed by atoms with E-state index in [-0.39, 0.29) is 5.91 Å². The van der Waals surface area contributed by atoms with Crippen LogP contribution in [0.25, 0.3) is 0 Å². The van der Waals surface area contributed by atoms with Crippen molar-refractivity contribution in [3.8, 4) is 5.75 Å². The number of carbonyl (C=O) groups excluding carboxylic acids is 1. The van der Waals surface area contributed by atoms with Crippen LogP contribution in [0, 0.1) is 0 Å². The Hall–Kier alpha value is -2.57. The highest BCUT2D eigenvalue weighted by Gasteiger charge is 2.29. The number of likely N-dealkylation sites (tertiary alicyclic amines) is 1. The molecular weight excluding hydrogens is 364 g/mol. The molecule has 2 saturated heterocycles. The highest BCUT2D eigenvalue weighted by molar-refractivity contribution is 5.77. The van der Waals surface area contributed by atoms with E-state index in [1.165, 1.54) is 10.5 Å². The molecule has 2 aromatic carbocycles. The van der Waals surface area contributed by atoms with Gasteiger partial charge in [0, 0.05) is 12.0 Å². The van der Waals surface area contributed by atoms with Crippen LogP contribution in [0.5, 0.6) is 5.75 Å². The van der Waals surface area contributed by atoms with Gasteiger partial charge in [0.25, 0.3) is 5.91 Å². The monoisotopic (exact) mass is 396 g/mol. The molecule has 0 aromatic heterocycles. The van der Waals surface area contributed by atoms with Gasteiger partial charge in [0.2, 0.25) is 0 Å². The van der Waals surface area contributed by atoms with Crippen molar-refractivity contribution in [3.05, 3.63) is 60.2 Å². The Morgan fingerprint density at radius 1 is 1.00 bits per heavy atom. The summed E-state index contributed by atoms with van der Waals surface area (Å²) in [6.07, 6.45) is 1.06. The molecule has 6 nitrogen and oxygen atoms in total. The van der Waals surface area contributed by atoms with Crippen molar-refractivity contribution in [2.75, 3.05) is 50.7 Å². The summed E-state index contributed by atoms with van der Waals surface area (Å²) in [6, 6.07) is 18.4. The number of phenolic OH excluding ortho intramolecular Hbond substituents is 1. The summed E-state index contributed by atoms with van der Waals surface area (Å²) in [5.74, 6) is 0.499. The quantitative estimate of drug-likeness (QED) is 0.510. The van der Waals surface area contributed by atoms with Gasteiger partial charge in [-0.05, 0) is 12.1 Å². The molecule has 154 valence electrons. The third kappa shape index (κ3) is 5.28. The minimum atomic E-state index is 0.168. The van der Waals surface area contributed by atoms with E-state index >= 15 is 0 Å². The first-order chi connectivity index (χ1) is 14.2. The van der Waals surface area contributed by atoms with Crippen molar-refractivity contribution in [3.63, 3.8) is 0 Å². The number of amides is 1. The summed E-state index contributed by atoms with van der Waals surface area (Å²) < 4.78 is 0. The van der Waals surface area contributed by atoms with Crippen molar-refractivity contribution < 1.29 is 19.7 Å². The molecular formula is C23H32N4O2+2. The molecule has 2 heterocycles. The predicted octanol–water partition coefficient (Wildman–Crippen LogP) is -0.929. The number of rotatable bonds is 6. The normalized spacial score (nSPS) is 22.6. The van der Waals surface area contributed by atoms with Gasteiger partial charge in [-0.2, -0.15) is 0 Å². The van der Waals surface area contributed by atoms with Crippen molar-refractivity contribution in [2.45, 2.75) is 19.0 Å². The SMILES string of the molecule is O=C(C[NH+]1CCN(c2ccccc2O)CC1)N[C@@H]1CC[NH+](Cc2ccccc2)C1. The molecule has 2 aliphatic heterocycles. The van der Waals surface area contributed by atoms with E-state index in [0.29, 0.717) is 18.3 Å². The zero-order valence-corrected chi connectivity index (χ0v) is 16.9. The zero-order chi connectivity index (χ0) is 20.1. The van der Waals surface area contributed by atoms with E-state index in [2.05, 4.69) is 40.5 Å². The molecule has 2 fully saturated rings. The standard InChI is InChI=1S/C23H30N4O2/c28-22-9-5-4-8-21(22)27-14-12-25(13-15-27)18-23(29)24-20-10-11-26(17-20)16-19-6-2-1-3-7-19/h1-9,20,28H,10-18H2,(H,24,29)/p+2/t20-/m1/s1. The first-order valence-corrected chi connectivity index (χ1v) is 10.7. The molecule has 6 heteroatoms. The molecule has 0 bridgehead atoms. The van der Waals surface area contributed by atoms with Crippen LogP contribution in [0.4, 0.5) is 5.69 Å². The molecule has 2 aliphatic rings. The number of nitrogens with zero attached hydrogens (tertiary/aromatic N) is 1. The van der Waals surface area contributed by atoms with Crippen LogP contribution in [-0.2, 0) is 11.3 Å². The van der Waals surface area contributed by atoms with Gasteiger partial charge < -0.3 is 25.1 Å². The zero-order valence-electron chi connectivity index (χ0n) is 16.9. The third-order valence-corrected chi connectivity index (χ3v) is 6.15.